The molecule has 0 saturated heterocycles. The number of nitro benzene ring substituents is 1. The van der Waals surface area contributed by atoms with E-state index in [2.05, 4.69) is 4.74 Å². The maximum absolute atomic E-state index is 11.7. The zero-order valence-corrected chi connectivity index (χ0v) is 13.0. The normalized spacial score (nSPS) is 10.0. The molecular weight excluding hydrogens is 326 g/mol. The average molecular weight is 338 g/mol. The number of carbonyl (C=O) groups excluding carboxylic acids is 1. The number of hydrogen-bond acceptors (Lipinski definition) is 6. The van der Waals surface area contributed by atoms with Gasteiger partial charge in [0.05, 0.1) is 24.2 Å². The molecule has 0 aliphatic carbocycles. The Hall–Kier alpha value is -2.80. The second-order valence-electron chi connectivity index (χ2n) is 4.33. The number of rotatable bonds is 5. The predicted molar refractivity (Wildman–Crippen MR) is 82.5 cm³/mol. The topological polar surface area (TPSA) is 87.9 Å². The van der Waals surface area contributed by atoms with Gasteiger partial charge in [-0.1, -0.05) is 11.6 Å². The maximum Gasteiger partial charge on any atom is 0.345 e. The van der Waals surface area contributed by atoms with E-state index in [9.17, 15) is 14.9 Å². The number of ether oxygens (including phenoxy) is 3. The van der Waals surface area contributed by atoms with Crippen molar-refractivity contribution in [1.29, 1.82) is 0 Å². The monoisotopic (exact) mass is 337 g/mol. The SMILES string of the molecule is COC(=O)c1cc(Oc2ccc(OC)cc2)c(Cl)cc1[N+](=O)[O-]. The lowest BCUT2D eigenvalue weighted by molar-refractivity contribution is -0.385. The highest BCUT2D eigenvalue weighted by molar-refractivity contribution is 6.32. The van der Waals surface area contributed by atoms with Crippen LogP contribution in [0.4, 0.5) is 5.69 Å². The Morgan fingerprint density at radius 1 is 1.13 bits per heavy atom. The van der Waals surface area contributed by atoms with Gasteiger partial charge in [-0.25, -0.2) is 4.79 Å². The minimum Gasteiger partial charge on any atom is -0.497 e. The predicted octanol–water partition coefficient (Wildman–Crippen LogP) is 3.84. The summed E-state index contributed by atoms with van der Waals surface area (Å²) in [4.78, 5) is 22.0. The fourth-order valence-electron chi connectivity index (χ4n) is 1.82. The van der Waals surface area contributed by atoms with Crippen LogP contribution in [0.1, 0.15) is 10.4 Å². The first-order valence-electron chi connectivity index (χ1n) is 6.34. The smallest absolute Gasteiger partial charge is 0.345 e. The second kappa shape index (κ2) is 6.97. The fraction of sp³-hybridized carbons (Fsp3) is 0.133. The van der Waals surface area contributed by atoms with Gasteiger partial charge in [-0.05, 0) is 24.3 Å². The first kappa shape index (κ1) is 16.6. The van der Waals surface area contributed by atoms with Crippen molar-refractivity contribution in [3.63, 3.8) is 0 Å². The van der Waals surface area contributed by atoms with Crippen LogP contribution in [-0.2, 0) is 4.74 Å². The Bertz CT molecular complexity index is 744. The number of nitro groups is 1. The highest BCUT2D eigenvalue weighted by Crippen LogP contribution is 2.36. The number of halogens is 1. The van der Waals surface area contributed by atoms with Crippen LogP contribution in [-0.4, -0.2) is 25.1 Å². The van der Waals surface area contributed by atoms with Crippen LogP contribution in [0.15, 0.2) is 36.4 Å². The van der Waals surface area contributed by atoms with E-state index >= 15 is 0 Å². The third-order valence-corrected chi connectivity index (χ3v) is 3.23. The molecule has 0 aromatic heterocycles. The molecule has 2 aromatic rings. The summed E-state index contributed by atoms with van der Waals surface area (Å²) in [5.74, 6) is 0.315. The van der Waals surface area contributed by atoms with Crippen molar-refractivity contribution in [2.45, 2.75) is 0 Å². The molecule has 0 heterocycles. The van der Waals surface area contributed by atoms with Crippen molar-refractivity contribution in [2.75, 3.05) is 14.2 Å². The molecule has 0 amide bonds. The molecule has 8 heteroatoms. The Balaban J connectivity index is 2.41. The molecule has 0 N–H and O–H groups in total. The molecule has 0 fully saturated rings. The fourth-order valence-corrected chi connectivity index (χ4v) is 2.01. The van der Waals surface area contributed by atoms with Crippen LogP contribution in [0, 0.1) is 10.1 Å². The van der Waals surface area contributed by atoms with Crippen LogP contribution in [0.3, 0.4) is 0 Å². The van der Waals surface area contributed by atoms with Gasteiger partial charge in [0.25, 0.3) is 5.69 Å². The van der Waals surface area contributed by atoms with Gasteiger partial charge in [-0.2, -0.15) is 0 Å². The number of benzene rings is 2. The summed E-state index contributed by atoms with van der Waals surface area (Å²) in [6.07, 6.45) is 0. The van der Waals surface area contributed by atoms with Crippen LogP contribution in [0.2, 0.25) is 5.02 Å². The number of hydrogen-bond donors (Lipinski definition) is 0. The molecule has 23 heavy (non-hydrogen) atoms. The molecule has 0 aliphatic heterocycles. The van der Waals surface area contributed by atoms with Gasteiger partial charge in [-0.3, -0.25) is 10.1 Å². The van der Waals surface area contributed by atoms with Gasteiger partial charge in [0, 0.05) is 12.1 Å². The number of methoxy groups -OCH3 is 2. The van der Waals surface area contributed by atoms with E-state index in [1.54, 1.807) is 24.3 Å². The molecule has 0 bridgehead atoms. The average Bonchev–Trinajstić information content (AvgIpc) is 2.56. The van der Waals surface area contributed by atoms with Crippen molar-refractivity contribution >= 4 is 23.3 Å². The summed E-state index contributed by atoms with van der Waals surface area (Å²) in [6.45, 7) is 0. The van der Waals surface area contributed by atoms with Gasteiger partial charge in [-0.15, -0.1) is 0 Å². The van der Waals surface area contributed by atoms with E-state index in [-0.39, 0.29) is 16.3 Å². The van der Waals surface area contributed by atoms with Crippen molar-refractivity contribution in [1.82, 2.24) is 0 Å². The van der Waals surface area contributed by atoms with Gasteiger partial charge < -0.3 is 14.2 Å². The quantitative estimate of drug-likeness (QED) is 0.468. The van der Waals surface area contributed by atoms with Crippen LogP contribution in [0.25, 0.3) is 0 Å². The Morgan fingerprint density at radius 2 is 1.74 bits per heavy atom. The molecule has 2 rings (SSSR count). The van der Waals surface area contributed by atoms with Crippen LogP contribution >= 0.6 is 11.6 Å². The number of carbonyl (C=O) groups is 1. The molecule has 0 atom stereocenters. The zero-order chi connectivity index (χ0) is 17.0. The largest absolute Gasteiger partial charge is 0.497 e. The Morgan fingerprint density at radius 3 is 2.26 bits per heavy atom. The molecule has 120 valence electrons. The van der Waals surface area contributed by atoms with E-state index in [1.165, 1.54) is 13.2 Å². The molecule has 0 radical (unpaired) electrons. The van der Waals surface area contributed by atoms with E-state index < -0.39 is 16.6 Å². The molecular formula is C15H12ClNO6. The number of nitrogens with zero attached hydrogens (tertiary/aromatic N) is 1. The van der Waals surface area contributed by atoms with E-state index in [1.807, 2.05) is 0 Å². The van der Waals surface area contributed by atoms with Crippen molar-refractivity contribution in [2.24, 2.45) is 0 Å². The van der Waals surface area contributed by atoms with Crippen LogP contribution < -0.4 is 9.47 Å². The summed E-state index contributed by atoms with van der Waals surface area (Å²) in [6, 6.07) is 8.84. The second-order valence-corrected chi connectivity index (χ2v) is 4.73. The van der Waals surface area contributed by atoms with E-state index in [0.29, 0.717) is 11.5 Å². The first-order chi connectivity index (χ1) is 11.0. The molecule has 2 aromatic carbocycles. The molecule has 7 nitrogen and oxygen atoms in total. The number of esters is 1. The van der Waals surface area contributed by atoms with Crippen molar-refractivity contribution in [3.05, 3.63) is 57.1 Å². The Labute approximate surface area is 136 Å². The van der Waals surface area contributed by atoms with Crippen molar-refractivity contribution < 1.29 is 23.9 Å². The lowest BCUT2D eigenvalue weighted by Gasteiger charge is -2.10. The summed E-state index contributed by atoms with van der Waals surface area (Å²) in [7, 11) is 2.66. The van der Waals surface area contributed by atoms with Crippen molar-refractivity contribution in [3.8, 4) is 17.2 Å². The summed E-state index contributed by atoms with van der Waals surface area (Å²) in [5.41, 5.74) is -0.700. The Kier molecular flexibility index (Phi) is 5.02. The van der Waals surface area contributed by atoms with E-state index in [0.717, 1.165) is 13.2 Å². The summed E-state index contributed by atoms with van der Waals surface area (Å²) < 4.78 is 15.1. The molecule has 0 unspecified atom stereocenters. The highest BCUT2D eigenvalue weighted by atomic mass is 35.5. The standard InChI is InChI=1S/C15H12ClNO6/c1-21-9-3-5-10(6-4-9)23-14-7-11(15(18)22-2)13(17(19)20)8-12(14)16/h3-8H,1-2H3. The van der Waals surface area contributed by atoms with Gasteiger partial charge >= 0.3 is 5.97 Å². The molecule has 0 spiro atoms. The zero-order valence-electron chi connectivity index (χ0n) is 12.2. The minimum atomic E-state index is -0.854. The van der Waals surface area contributed by atoms with Crippen LogP contribution in [0.5, 0.6) is 17.2 Å². The maximum atomic E-state index is 11.7. The van der Waals surface area contributed by atoms with E-state index in [4.69, 9.17) is 21.1 Å². The minimum absolute atomic E-state index is 0.000158. The van der Waals surface area contributed by atoms with Gasteiger partial charge in [0.2, 0.25) is 0 Å². The third kappa shape index (κ3) is 3.70. The summed E-state index contributed by atoms with van der Waals surface area (Å²) in [5, 5.41) is 11.0. The highest BCUT2D eigenvalue weighted by Gasteiger charge is 2.24. The third-order valence-electron chi connectivity index (χ3n) is 2.94. The van der Waals surface area contributed by atoms with Gasteiger partial charge in [0.15, 0.2) is 0 Å². The first-order valence-corrected chi connectivity index (χ1v) is 6.72. The lowest BCUT2D eigenvalue weighted by atomic mass is 10.1. The molecule has 0 aliphatic rings. The molecule has 0 saturated carbocycles. The lowest BCUT2D eigenvalue weighted by Crippen LogP contribution is -2.06. The van der Waals surface area contributed by atoms with Gasteiger partial charge in [0.1, 0.15) is 22.8 Å². The summed E-state index contributed by atoms with van der Waals surface area (Å²) >= 11 is 6.00.